The highest BCUT2D eigenvalue weighted by Crippen LogP contribution is 2.44. The molecule has 0 bridgehead atoms. The first-order valence-corrected chi connectivity index (χ1v) is 11.9. The molecule has 162 valence electrons. The van der Waals surface area contributed by atoms with Crippen molar-refractivity contribution in [3.8, 4) is 5.75 Å². The Kier molecular flexibility index (Phi) is 5.95. The standard InChI is InChI=1S/C26H25N3O2S/c1-2-3-13-31-23-11-12-27-21-10-9-17(14-20(21)23)15-24-25(30)29-26(32-24)28-22-16-19(22)18-7-5-4-6-8-18/h4-12,14-15,19,22H,2-3,13,16H2,1H3,(H,28,29,30)/b24-15-/t19?,22-/m0/s1. The average Bonchev–Trinajstić information content (AvgIpc) is 3.50. The monoisotopic (exact) mass is 443 g/mol. The maximum Gasteiger partial charge on any atom is 0.264 e. The Morgan fingerprint density at radius 2 is 2.09 bits per heavy atom. The Morgan fingerprint density at radius 3 is 2.94 bits per heavy atom. The highest BCUT2D eigenvalue weighted by Gasteiger charge is 2.39. The Bertz CT molecular complexity index is 1210. The van der Waals surface area contributed by atoms with Gasteiger partial charge < -0.3 is 10.1 Å². The summed E-state index contributed by atoms with van der Waals surface area (Å²) < 4.78 is 5.96. The molecule has 0 spiro atoms. The van der Waals surface area contributed by atoms with Crippen LogP contribution in [0.4, 0.5) is 0 Å². The van der Waals surface area contributed by atoms with E-state index in [-0.39, 0.29) is 11.9 Å². The van der Waals surface area contributed by atoms with E-state index in [0.717, 1.165) is 41.5 Å². The Labute approximate surface area is 192 Å². The number of carbonyl (C=O) groups is 1. The van der Waals surface area contributed by atoms with Crippen LogP contribution in [0.2, 0.25) is 0 Å². The van der Waals surface area contributed by atoms with Gasteiger partial charge in [-0.2, -0.15) is 0 Å². The molecule has 2 heterocycles. The van der Waals surface area contributed by atoms with E-state index in [0.29, 0.717) is 22.6 Å². The molecule has 1 saturated carbocycles. The summed E-state index contributed by atoms with van der Waals surface area (Å²) in [5.74, 6) is 1.18. The van der Waals surface area contributed by atoms with E-state index < -0.39 is 0 Å². The van der Waals surface area contributed by atoms with Crippen LogP contribution in [0.1, 0.15) is 43.2 Å². The van der Waals surface area contributed by atoms with Crippen LogP contribution in [-0.2, 0) is 4.79 Å². The Morgan fingerprint density at radius 1 is 1.22 bits per heavy atom. The smallest absolute Gasteiger partial charge is 0.264 e. The molecule has 6 heteroatoms. The molecule has 2 atom stereocenters. The molecule has 2 aliphatic rings. The van der Waals surface area contributed by atoms with Crippen LogP contribution in [0.3, 0.4) is 0 Å². The average molecular weight is 444 g/mol. The van der Waals surface area contributed by atoms with Crippen LogP contribution in [0.25, 0.3) is 17.0 Å². The van der Waals surface area contributed by atoms with Crippen LogP contribution in [0.5, 0.6) is 5.75 Å². The minimum Gasteiger partial charge on any atom is -0.493 e. The highest BCUT2D eigenvalue weighted by molar-refractivity contribution is 8.18. The SMILES string of the molecule is CCCCOc1ccnc2ccc(/C=C3\SC(=N[C@H]4CC4c4ccccc4)NC3=O)cc12. The lowest BCUT2D eigenvalue weighted by molar-refractivity contribution is -0.115. The number of benzene rings is 2. The van der Waals surface area contributed by atoms with Gasteiger partial charge in [0, 0.05) is 17.5 Å². The van der Waals surface area contributed by atoms with Crippen LogP contribution in [-0.4, -0.2) is 28.7 Å². The van der Waals surface area contributed by atoms with Crippen molar-refractivity contribution in [1.29, 1.82) is 0 Å². The number of ether oxygens (including phenoxy) is 1. The summed E-state index contributed by atoms with van der Waals surface area (Å²) in [5.41, 5.74) is 3.14. The molecular formula is C26H25N3O2S. The summed E-state index contributed by atoms with van der Waals surface area (Å²) in [7, 11) is 0. The van der Waals surface area contributed by atoms with Crippen LogP contribution in [0, 0.1) is 0 Å². The quantitative estimate of drug-likeness (QED) is 0.385. The summed E-state index contributed by atoms with van der Waals surface area (Å²) in [6.45, 7) is 2.83. The summed E-state index contributed by atoms with van der Waals surface area (Å²) in [6.07, 6.45) is 6.81. The first-order chi connectivity index (χ1) is 15.7. The number of aliphatic imine (C=N–C) groups is 1. The number of thioether (sulfide) groups is 1. The van der Waals surface area contributed by atoms with Gasteiger partial charge in [0.15, 0.2) is 5.17 Å². The van der Waals surface area contributed by atoms with E-state index >= 15 is 0 Å². The number of amides is 1. The third kappa shape index (κ3) is 4.55. The second-order valence-electron chi connectivity index (χ2n) is 8.11. The molecule has 2 fully saturated rings. The van der Waals surface area contributed by atoms with Gasteiger partial charge in [-0.25, -0.2) is 0 Å². The lowest BCUT2D eigenvalue weighted by Gasteiger charge is -2.09. The van der Waals surface area contributed by atoms with Crippen molar-refractivity contribution in [1.82, 2.24) is 10.3 Å². The van der Waals surface area contributed by atoms with Crippen molar-refractivity contribution in [2.45, 2.75) is 38.1 Å². The van der Waals surface area contributed by atoms with E-state index in [1.807, 2.05) is 36.4 Å². The van der Waals surface area contributed by atoms with Crippen molar-refractivity contribution in [2.24, 2.45) is 4.99 Å². The normalized spacial score (nSPS) is 22.5. The van der Waals surface area contributed by atoms with Crippen molar-refractivity contribution in [3.05, 3.63) is 76.8 Å². The predicted molar refractivity (Wildman–Crippen MR) is 131 cm³/mol. The molecule has 1 amide bonds. The van der Waals surface area contributed by atoms with Gasteiger partial charge >= 0.3 is 0 Å². The molecule has 1 N–H and O–H groups in total. The molecule has 2 aromatic carbocycles. The first kappa shape index (κ1) is 20.8. The predicted octanol–water partition coefficient (Wildman–Crippen LogP) is 5.53. The maximum atomic E-state index is 12.5. The number of aromatic nitrogens is 1. The maximum absolute atomic E-state index is 12.5. The van der Waals surface area contributed by atoms with Crippen LogP contribution >= 0.6 is 11.8 Å². The van der Waals surface area contributed by atoms with Crippen molar-refractivity contribution in [3.63, 3.8) is 0 Å². The molecule has 1 saturated heterocycles. The summed E-state index contributed by atoms with van der Waals surface area (Å²) >= 11 is 1.41. The molecule has 5 rings (SSSR count). The van der Waals surface area contributed by atoms with E-state index in [4.69, 9.17) is 9.73 Å². The molecule has 5 nitrogen and oxygen atoms in total. The van der Waals surface area contributed by atoms with Crippen molar-refractivity contribution >= 4 is 39.8 Å². The third-order valence-electron chi connectivity index (χ3n) is 5.70. The van der Waals surface area contributed by atoms with Gasteiger partial charge in [0.1, 0.15) is 5.75 Å². The number of hydrogen-bond acceptors (Lipinski definition) is 5. The van der Waals surface area contributed by atoms with E-state index in [2.05, 4.69) is 41.5 Å². The van der Waals surface area contributed by atoms with Crippen molar-refractivity contribution in [2.75, 3.05) is 6.61 Å². The van der Waals surface area contributed by atoms with Crippen molar-refractivity contribution < 1.29 is 9.53 Å². The topological polar surface area (TPSA) is 63.6 Å². The van der Waals surface area contributed by atoms with E-state index in [1.54, 1.807) is 6.20 Å². The van der Waals surface area contributed by atoms with Gasteiger partial charge in [0.25, 0.3) is 5.91 Å². The van der Waals surface area contributed by atoms with Crippen LogP contribution in [0.15, 0.2) is 70.7 Å². The highest BCUT2D eigenvalue weighted by atomic mass is 32.2. The lowest BCUT2D eigenvalue weighted by Crippen LogP contribution is -2.20. The van der Waals surface area contributed by atoms with Gasteiger partial charge in [-0.3, -0.25) is 14.8 Å². The molecule has 1 aromatic heterocycles. The second-order valence-corrected chi connectivity index (χ2v) is 9.14. The number of rotatable bonds is 7. The van der Waals surface area contributed by atoms with E-state index in [9.17, 15) is 4.79 Å². The Balaban J connectivity index is 1.32. The minimum absolute atomic E-state index is 0.101. The molecule has 3 aromatic rings. The summed E-state index contributed by atoms with van der Waals surface area (Å²) in [6, 6.07) is 18.6. The lowest BCUT2D eigenvalue weighted by atomic mass is 10.1. The van der Waals surface area contributed by atoms with Gasteiger partial charge in [-0.1, -0.05) is 49.7 Å². The molecule has 0 radical (unpaired) electrons. The fourth-order valence-corrected chi connectivity index (χ4v) is 4.73. The number of nitrogens with one attached hydrogen (secondary N) is 1. The molecular weight excluding hydrogens is 418 g/mol. The first-order valence-electron chi connectivity index (χ1n) is 11.1. The zero-order valence-electron chi connectivity index (χ0n) is 18.0. The van der Waals surface area contributed by atoms with Gasteiger partial charge in [0.2, 0.25) is 0 Å². The number of carbonyl (C=O) groups excluding carboxylic acids is 1. The molecule has 1 aliphatic carbocycles. The molecule has 1 aliphatic heterocycles. The summed E-state index contributed by atoms with van der Waals surface area (Å²) in [5, 5.41) is 4.57. The number of fused-ring (bicyclic) bond motifs is 1. The van der Waals surface area contributed by atoms with Gasteiger partial charge in [-0.15, -0.1) is 0 Å². The Hall–Kier alpha value is -3.12. The number of nitrogens with zero attached hydrogens (tertiary/aromatic N) is 2. The third-order valence-corrected chi connectivity index (χ3v) is 6.62. The minimum atomic E-state index is -0.101. The fraction of sp³-hybridized carbons (Fsp3) is 0.269. The second kappa shape index (κ2) is 9.17. The van der Waals surface area contributed by atoms with Gasteiger partial charge in [-0.05, 0) is 60.0 Å². The molecule has 1 unspecified atom stereocenters. The number of pyridine rings is 1. The van der Waals surface area contributed by atoms with Crippen LogP contribution < -0.4 is 10.1 Å². The van der Waals surface area contributed by atoms with Gasteiger partial charge in [0.05, 0.1) is 23.1 Å². The molecule has 32 heavy (non-hydrogen) atoms. The number of hydrogen-bond donors (Lipinski definition) is 1. The summed E-state index contributed by atoms with van der Waals surface area (Å²) in [4.78, 5) is 22.4. The number of amidine groups is 1. The zero-order valence-corrected chi connectivity index (χ0v) is 18.8. The number of unbranched alkanes of at least 4 members (excludes halogenated alkanes) is 1. The zero-order chi connectivity index (χ0) is 21.9. The van der Waals surface area contributed by atoms with E-state index in [1.165, 1.54) is 17.3 Å². The fourth-order valence-electron chi connectivity index (χ4n) is 3.85. The largest absolute Gasteiger partial charge is 0.493 e.